The first-order valence-corrected chi connectivity index (χ1v) is 12.3. The molecule has 1 aromatic carbocycles. The zero-order valence-electron chi connectivity index (χ0n) is 21.2. The van der Waals surface area contributed by atoms with Crippen LogP contribution in [0.2, 0.25) is 5.02 Å². The van der Waals surface area contributed by atoms with Gasteiger partial charge in [-0.3, -0.25) is 19.4 Å². The normalized spacial score (nSPS) is 17.8. The lowest BCUT2D eigenvalue weighted by molar-refractivity contribution is -0.156. The minimum atomic E-state index is -1.02. The van der Waals surface area contributed by atoms with Crippen LogP contribution >= 0.6 is 11.6 Å². The van der Waals surface area contributed by atoms with Crippen LogP contribution < -0.4 is 16.0 Å². The Morgan fingerprint density at radius 1 is 1.22 bits per heavy atom. The van der Waals surface area contributed by atoms with E-state index < -0.39 is 35.8 Å². The van der Waals surface area contributed by atoms with Crippen molar-refractivity contribution in [3.63, 3.8) is 0 Å². The first kappa shape index (κ1) is 26.2. The second-order valence-corrected chi connectivity index (χ2v) is 9.63. The van der Waals surface area contributed by atoms with Gasteiger partial charge in [0.15, 0.2) is 0 Å². The smallest absolute Gasteiger partial charge is 0.325 e. The summed E-state index contributed by atoms with van der Waals surface area (Å²) in [6.45, 7) is 3.84. The highest BCUT2D eigenvalue weighted by Gasteiger charge is 2.55. The molecule has 3 aromatic rings. The first-order chi connectivity index (χ1) is 17.6. The van der Waals surface area contributed by atoms with Gasteiger partial charge < -0.3 is 15.6 Å². The number of β-lactam (4-membered cyclic amide) rings is 1. The van der Waals surface area contributed by atoms with E-state index in [1.807, 2.05) is 32.0 Å². The number of pyridine rings is 1. The van der Waals surface area contributed by atoms with E-state index >= 15 is 0 Å². The van der Waals surface area contributed by atoms with Gasteiger partial charge in [0.2, 0.25) is 11.9 Å². The van der Waals surface area contributed by atoms with E-state index in [1.165, 1.54) is 4.90 Å². The second kappa shape index (κ2) is 10.6. The fourth-order valence-corrected chi connectivity index (χ4v) is 5.01. The number of aryl methyl sites for hydroxylation is 2. The molecule has 1 fully saturated rings. The Bertz CT molecular complexity index is 1340. The molecule has 1 saturated heterocycles. The maximum Gasteiger partial charge on any atom is 0.325 e. The number of carbonyl (C=O) groups excluding carboxylic acids is 3. The fraction of sp³-hybridized carbons (Fsp3) is 0.346. The summed E-state index contributed by atoms with van der Waals surface area (Å²) in [5.74, 6) is -0.894. The SMILES string of the molecule is CCC(NC(=O)N1C(=O)[C@H](Cc2ccnc(N)c2)[C@H]1C(=O)N(C)c1nccn1C)c1ccc(C)cc1Cl. The van der Waals surface area contributed by atoms with Crippen molar-refractivity contribution in [2.45, 2.75) is 38.8 Å². The van der Waals surface area contributed by atoms with Crippen LogP contribution in [0.4, 0.5) is 16.6 Å². The molecule has 1 unspecified atom stereocenters. The number of anilines is 2. The number of imidazole rings is 1. The van der Waals surface area contributed by atoms with Crippen LogP contribution in [0, 0.1) is 12.8 Å². The van der Waals surface area contributed by atoms with E-state index in [0.29, 0.717) is 23.2 Å². The Labute approximate surface area is 220 Å². The largest absolute Gasteiger partial charge is 0.384 e. The van der Waals surface area contributed by atoms with Crippen molar-refractivity contribution in [2.75, 3.05) is 17.7 Å². The van der Waals surface area contributed by atoms with Gasteiger partial charge >= 0.3 is 6.03 Å². The van der Waals surface area contributed by atoms with E-state index in [2.05, 4.69) is 15.3 Å². The van der Waals surface area contributed by atoms with Gasteiger partial charge in [0, 0.05) is 37.7 Å². The Hall–Kier alpha value is -3.92. The maximum absolute atomic E-state index is 13.7. The van der Waals surface area contributed by atoms with Crippen LogP contribution in [0.1, 0.15) is 36.1 Å². The quantitative estimate of drug-likeness (QED) is 0.458. The minimum Gasteiger partial charge on any atom is -0.384 e. The van der Waals surface area contributed by atoms with E-state index in [1.54, 1.807) is 49.4 Å². The van der Waals surface area contributed by atoms with Gasteiger partial charge in [-0.05, 0) is 54.7 Å². The zero-order chi connectivity index (χ0) is 26.9. The van der Waals surface area contributed by atoms with E-state index in [9.17, 15) is 14.4 Å². The monoisotopic (exact) mass is 523 g/mol. The third-order valence-electron chi connectivity index (χ3n) is 6.65. The molecule has 10 nitrogen and oxygen atoms in total. The van der Waals surface area contributed by atoms with Gasteiger partial charge in [-0.1, -0.05) is 30.7 Å². The number of urea groups is 1. The number of halogens is 1. The number of likely N-dealkylation sites (tertiary alicyclic amines) is 1. The average molecular weight is 524 g/mol. The van der Waals surface area contributed by atoms with Crippen molar-refractivity contribution in [3.8, 4) is 0 Å². The molecule has 1 aliphatic heterocycles. The average Bonchev–Trinajstić information content (AvgIpc) is 3.29. The molecule has 194 valence electrons. The third kappa shape index (κ3) is 5.15. The number of nitrogens with two attached hydrogens (primary N) is 1. The number of nitrogens with one attached hydrogen (secondary N) is 1. The van der Waals surface area contributed by atoms with Gasteiger partial charge in [0.05, 0.1) is 12.0 Å². The van der Waals surface area contributed by atoms with Crippen molar-refractivity contribution in [1.29, 1.82) is 0 Å². The molecule has 0 spiro atoms. The summed E-state index contributed by atoms with van der Waals surface area (Å²) in [7, 11) is 3.34. The highest BCUT2D eigenvalue weighted by atomic mass is 35.5. The first-order valence-electron chi connectivity index (χ1n) is 12.0. The Morgan fingerprint density at radius 3 is 2.59 bits per heavy atom. The van der Waals surface area contributed by atoms with Gasteiger partial charge in [0.25, 0.3) is 5.91 Å². The van der Waals surface area contributed by atoms with Crippen molar-refractivity contribution in [3.05, 3.63) is 70.6 Å². The van der Waals surface area contributed by atoms with E-state index in [-0.39, 0.29) is 6.42 Å². The lowest BCUT2D eigenvalue weighted by Crippen LogP contribution is -2.70. The molecule has 3 N–H and O–H groups in total. The molecule has 3 atom stereocenters. The van der Waals surface area contributed by atoms with E-state index in [0.717, 1.165) is 21.6 Å². The number of hydrogen-bond acceptors (Lipinski definition) is 6. The van der Waals surface area contributed by atoms with Crippen LogP contribution in [-0.2, 0) is 23.1 Å². The Morgan fingerprint density at radius 2 is 1.97 bits per heavy atom. The molecular formula is C26H30ClN7O3. The molecular weight excluding hydrogens is 494 g/mol. The molecule has 0 radical (unpaired) electrons. The Balaban J connectivity index is 1.61. The molecule has 0 bridgehead atoms. The number of imide groups is 1. The summed E-state index contributed by atoms with van der Waals surface area (Å²) in [5, 5.41) is 3.42. The summed E-state index contributed by atoms with van der Waals surface area (Å²) in [6.07, 6.45) is 5.61. The fourth-order valence-electron chi connectivity index (χ4n) is 4.64. The number of amides is 4. The number of aromatic nitrogens is 3. The number of likely N-dealkylation sites (N-methyl/N-ethyl adjacent to an activating group) is 1. The van der Waals surface area contributed by atoms with Crippen LogP contribution in [0.15, 0.2) is 48.9 Å². The molecule has 4 amide bonds. The standard InChI is InChI=1S/C26H30ClN7O3/c1-5-20(17-7-6-15(2)12-19(17)27)31-26(37)34-22(24(36)33(4)25-30-10-11-32(25)3)18(23(34)35)13-16-8-9-29-21(28)14-16/h6-12,14,18,20,22H,5,13H2,1-4H3,(H2,28,29)(H,31,37)/t18-,20?,22+/m1/s1. The molecule has 3 heterocycles. The minimum absolute atomic E-state index is 0.237. The Kier molecular flexibility index (Phi) is 7.49. The number of benzene rings is 1. The molecule has 0 aliphatic carbocycles. The number of hydrogen-bond donors (Lipinski definition) is 2. The maximum atomic E-state index is 13.7. The summed E-state index contributed by atoms with van der Waals surface area (Å²) in [4.78, 5) is 51.0. The molecule has 4 rings (SSSR count). The van der Waals surface area contributed by atoms with Crippen molar-refractivity contribution < 1.29 is 14.4 Å². The van der Waals surface area contributed by atoms with Crippen LogP contribution in [0.5, 0.6) is 0 Å². The molecule has 2 aromatic heterocycles. The summed E-state index contributed by atoms with van der Waals surface area (Å²) >= 11 is 6.44. The topological polar surface area (TPSA) is 126 Å². The lowest BCUT2D eigenvalue weighted by Gasteiger charge is -2.45. The van der Waals surface area contributed by atoms with Crippen LogP contribution in [0.3, 0.4) is 0 Å². The van der Waals surface area contributed by atoms with Crippen molar-refractivity contribution in [1.82, 2.24) is 24.8 Å². The van der Waals surface area contributed by atoms with Crippen LogP contribution in [0.25, 0.3) is 0 Å². The molecule has 0 saturated carbocycles. The number of carbonyl (C=O) groups is 3. The number of nitrogens with zero attached hydrogens (tertiary/aromatic N) is 5. The molecule has 1 aliphatic rings. The highest BCUT2D eigenvalue weighted by Crippen LogP contribution is 2.34. The zero-order valence-corrected chi connectivity index (χ0v) is 21.9. The summed E-state index contributed by atoms with van der Waals surface area (Å²) in [6, 6.07) is 6.89. The van der Waals surface area contributed by atoms with Gasteiger partial charge in [-0.25, -0.2) is 14.8 Å². The summed E-state index contributed by atoms with van der Waals surface area (Å²) < 4.78 is 1.69. The van der Waals surface area contributed by atoms with Gasteiger partial charge in [-0.15, -0.1) is 0 Å². The predicted octanol–water partition coefficient (Wildman–Crippen LogP) is 3.25. The summed E-state index contributed by atoms with van der Waals surface area (Å²) in [5.41, 5.74) is 8.30. The molecule has 11 heteroatoms. The molecule has 37 heavy (non-hydrogen) atoms. The number of nitrogen functional groups attached to an aromatic ring is 1. The number of rotatable bonds is 7. The third-order valence-corrected chi connectivity index (χ3v) is 6.98. The second-order valence-electron chi connectivity index (χ2n) is 9.22. The predicted molar refractivity (Wildman–Crippen MR) is 141 cm³/mol. The van der Waals surface area contributed by atoms with Crippen LogP contribution in [-0.4, -0.2) is 50.4 Å². The van der Waals surface area contributed by atoms with Gasteiger partial charge in [-0.2, -0.15) is 0 Å². The van der Waals surface area contributed by atoms with E-state index in [4.69, 9.17) is 17.3 Å². The van der Waals surface area contributed by atoms with Crippen molar-refractivity contribution >= 4 is 41.2 Å². The van der Waals surface area contributed by atoms with Crippen molar-refractivity contribution in [2.24, 2.45) is 13.0 Å². The van der Waals surface area contributed by atoms with Gasteiger partial charge in [0.1, 0.15) is 11.9 Å². The highest BCUT2D eigenvalue weighted by molar-refractivity contribution is 6.31. The lowest BCUT2D eigenvalue weighted by atomic mass is 9.81.